The smallest absolute Gasteiger partial charge is 0.307 e. The minimum absolute atomic E-state index is 0.352. The molecule has 2 nitrogen and oxygen atoms in total. The number of hydrogen-bond donors (Lipinski definition) is 1. The van der Waals surface area contributed by atoms with Gasteiger partial charge in [0.15, 0.2) is 0 Å². The number of alkyl halides is 1. The van der Waals surface area contributed by atoms with Gasteiger partial charge in [0.1, 0.15) is 5.67 Å². The average Bonchev–Trinajstić information content (AvgIpc) is 1.84. The maximum atomic E-state index is 12.9. The number of carbonyl (C=O) groups is 1. The molecule has 0 aliphatic heterocycles. The summed E-state index contributed by atoms with van der Waals surface area (Å²) < 4.78 is 12.9. The summed E-state index contributed by atoms with van der Waals surface area (Å²) in [5.41, 5.74) is -1.21. The summed E-state index contributed by atoms with van der Waals surface area (Å²) in [6.45, 7) is 4.61. The van der Waals surface area contributed by atoms with Gasteiger partial charge < -0.3 is 5.11 Å². The Bertz CT molecular complexity index is 154. The minimum atomic E-state index is -1.21. The average molecular weight is 194 g/mol. The molecule has 1 unspecified atom stereocenters. The molecule has 1 N–H and O–H groups in total. The first-order chi connectivity index (χ1) is 5.33. The van der Waals surface area contributed by atoms with Crippen LogP contribution in [-0.4, -0.2) is 28.3 Å². The van der Waals surface area contributed by atoms with E-state index in [1.54, 1.807) is 6.92 Å². The van der Waals surface area contributed by atoms with Crippen molar-refractivity contribution in [3.63, 3.8) is 0 Å². The van der Waals surface area contributed by atoms with Gasteiger partial charge in [-0.2, -0.15) is 11.8 Å². The van der Waals surface area contributed by atoms with Crippen LogP contribution in [0.1, 0.15) is 20.8 Å². The van der Waals surface area contributed by atoms with Crippen molar-refractivity contribution in [3.05, 3.63) is 0 Å². The van der Waals surface area contributed by atoms with E-state index in [1.807, 2.05) is 0 Å². The van der Waals surface area contributed by atoms with Crippen LogP contribution >= 0.6 is 11.8 Å². The number of rotatable bonds is 5. The summed E-state index contributed by atoms with van der Waals surface area (Å²) in [6, 6.07) is 0. The predicted molar refractivity (Wildman–Crippen MR) is 49.3 cm³/mol. The fourth-order valence-electron chi connectivity index (χ4n) is 0.550. The first kappa shape index (κ1) is 11.8. The van der Waals surface area contributed by atoms with E-state index in [0.29, 0.717) is 11.5 Å². The van der Waals surface area contributed by atoms with E-state index in [1.165, 1.54) is 25.6 Å². The molecule has 0 aromatic carbocycles. The van der Waals surface area contributed by atoms with Crippen LogP contribution in [0.2, 0.25) is 0 Å². The Labute approximate surface area is 76.5 Å². The Morgan fingerprint density at radius 2 is 2.17 bits per heavy atom. The second kappa shape index (κ2) is 4.70. The lowest BCUT2D eigenvalue weighted by molar-refractivity contribution is -0.140. The Hall–Kier alpha value is -0.250. The number of aliphatic carboxylic acids is 1. The van der Waals surface area contributed by atoms with Gasteiger partial charge in [0.2, 0.25) is 0 Å². The zero-order valence-corrected chi connectivity index (χ0v) is 8.45. The molecule has 0 saturated carbocycles. The van der Waals surface area contributed by atoms with Gasteiger partial charge in [0.25, 0.3) is 0 Å². The molecule has 0 saturated heterocycles. The molecule has 0 aromatic rings. The fraction of sp³-hybridized carbons (Fsp3) is 0.875. The number of carboxylic acid groups (broad SMARTS) is 1. The van der Waals surface area contributed by atoms with Crippen LogP contribution in [0.25, 0.3) is 0 Å². The normalized spacial score (nSPS) is 14.3. The summed E-state index contributed by atoms with van der Waals surface area (Å²) in [5.74, 6) is -0.385. The van der Waals surface area contributed by atoms with Crippen LogP contribution in [0.3, 0.4) is 0 Å². The fourth-order valence-corrected chi connectivity index (χ4v) is 1.65. The van der Waals surface area contributed by atoms with E-state index >= 15 is 0 Å². The molecule has 12 heavy (non-hydrogen) atoms. The lowest BCUT2D eigenvalue weighted by Gasteiger charge is -2.13. The highest BCUT2D eigenvalue weighted by Gasteiger charge is 2.17. The molecule has 0 heterocycles. The number of halogens is 1. The summed E-state index contributed by atoms with van der Waals surface area (Å²) in [7, 11) is 0. The first-order valence-corrected chi connectivity index (χ1v) is 4.98. The third kappa shape index (κ3) is 6.46. The Morgan fingerprint density at radius 3 is 2.50 bits per heavy atom. The van der Waals surface area contributed by atoms with Crippen LogP contribution in [0.5, 0.6) is 0 Å². The molecule has 0 aromatic heterocycles. The Kier molecular flexibility index (Phi) is 4.60. The van der Waals surface area contributed by atoms with Gasteiger partial charge in [-0.3, -0.25) is 4.79 Å². The van der Waals surface area contributed by atoms with E-state index < -0.39 is 17.6 Å². The molecule has 0 fully saturated rings. The molecule has 1 atom stereocenters. The van der Waals surface area contributed by atoms with Crippen LogP contribution in [0.15, 0.2) is 0 Å². The summed E-state index contributed by atoms with van der Waals surface area (Å²) in [5, 5.41) is 8.50. The number of carboxylic acids is 1. The van der Waals surface area contributed by atoms with E-state index in [4.69, 9.17) is 5.11 Å². The molecule has 0 aliphatic carbocycles. The van der Waals surface area contributed by atoms with Gasteiger partial charge in [0, 0.05) is 11.5 Å². The largest absolute Gasteiger partial charge is 0.481 e. The Balaban J connectivity index is 3.51. The minimum Gasteiger partial charge on any atom is -0.481 e. The van der Waals surface area contributed by atoms with Crippen LogP contribution in [-0.2, 0) is 4.79 Å². The van der Waals surface area contributed by atoms with Crippen molar-refractivity contribution >= 4 is 17.7 Å². The third-order valence-corrected chi connectivity index (χ3v) is 2.86. The zero-order chi connectivity index (χ0) is 9.78. The summed E-state index contributed by atoms with van der Waals surface area (Å²) in [4.78, 5) is 10.3. The maximum Gasteiger partial charge on any atom is 0.307 e. The van der Waals surface area contributed by atoms with Crippen molar-refractivity contribution < 1.29 is 14.3 Å². The van der Waals surface area contributed by atoms with Gasteiger partial charge >= 0.3 is 5.97 Å². The van der Waals surface area contributed by atoms with Gasteiger partial charge in [0.05, 0.1) is 5.92 Å². The highest BCUT2D eigenvalue weighted by molar-refractivity contribution is 7.99. The van der Waals surface area contributed by atoms with E-state index in [9.17, 15) is 9.18 Å². The van der Waals surface area contributed by atoms with E-state index in [0.717, 1.165) is 0 Å². The molecule has 0 rings (SSSR count). The molecule has 0 amide bonds. The van der Waals surface area contributed by atoms with Crippen molar-refractivity contribution in [1.29, 1.82) is 0 Å². The molecular formula is C8H15FO2S. The topological polar surface area (TPSA) is 37.3 Å². The second-order valence-corrected chi connectivity index (χ2v) is 4.50. The van der Waals surface area contributed by atoms with Crippen molar-refractivity contribution in [1.82, 2.24) is 0 Å². The molecule has 4 heteroatoms. The van der Waals surface area contributed by atoms with Crippen molar-refractivity contribution in [2.75, 3.05) is 11.5 Å². The number of thioether (sulfide) groups is 1. The maximum absolute atomic E-state index is 12.9. The first-order valence-electron chi connectivity index (χ1n) is 3.82. The third-order valence-electron chi connectivity index (χ3n) is 1.23. The molecular weight excluding hydrogens is 179 g/mol. The van der Waals surface area contributed by atoms with Gasteiger partial charge in [-0.25, -0.2) is 4.39 Å². The van der Waals surface area contributed by atoms with Crippen LogP contribution in [0.4, 0.5) is 4.39 Å². The summed E-state index contributed by atoms with van der Waals surface area (Å²) >= 11 is 1.34. The molecule has 0 spiro atoms. The van der Waals surface area contributed by atoms with Crippen molar-refractivity contribution in [3.8, 4) is 0 Å². The van der Waals surface area contributed by atoms with Gasteiger partial charge in [-0.05, 0) is 13.8 Å². The van der Waals surface area contributed by atoms with Gasteiger partial charge in [-0.1, -0.05) is 6.92 Å². The highest BCUT2D eigenvalue weighted by Crippen LogP contribution is 2.18. The highest BCUT2D eigenvalue weighted by atomic mass is 32.2. The lowest BCUT2D eigenvalue weighted by Crippen LogP contribution is -2.18. The Morgan fingerprint density at radius 1 is 1.67 bits per heavy atom. The molecule has 0 bridgehead atoms. The van der Waals surface area contributed by atoms with Crippen LogP contribution in [0, 0.1) is 5.92 Å². The predicted octanol–water partition coefficient (Wildman–Crippen LogP) is 2.19. The van der Waals surface area contributed by atoms with Crippen molar-refractivity contribution in [2.24, 2.45) is 5.92 Å². The SMILES string of the molecule is CC(CSCC(C)(C)F)C(=O)O. The molecule has 72 valence electrons. The van der Waals surface area contributed by atoms with E-state index in [2.05, 4.69) is 0 Å². The lowest BCUT2D eigenvalue weighted by atomic mass is 10.2. The molecule has 0 radical (unpaired) electrons. The summed E-state index contributed by atoms with van der Waals surface area (Å²) in [6.07, 6.45) is 0. The van der Waals surface area contributed by atoms with Crippen LogP contribution < -0.4 is 0 Å². The second-order valence-electron chi connectivity index (χ2n) is 3.47. The number of hydrogen-bond acceptors (Lipinski definition) is 2. The van der Waals surface area contributed by atoms with Gasteiger partial charge in [-0.15, -0.1) is 0 Å². The standard InChI is InChI=1S/C8H15FO2S/c1-6(7(10)11)4-12-5-8(2,3)9/h6H,4-5H2,1-3H3,(H,10,11). The quantitative estimate of drug-likeness (QED) is 0.729. The zero-order valence-electron chi connectivity index (χ0n) is 7.63. The van der Waals surface area contributed by atoms with E-state index in [-0.39, 0.29) is 0 Å². The molecule has 0 aliphatic rings. The van der Waals surface area contributed by atoms with Crippen molar-refractivity contribution in [2.45, 2.75) is 26.4 Å². The monoisotopic (exact) mass is 194 g/mol.